The molecule has 0 aliphatic heterocycles. The third kappa shape index (κ3) is 4.89. The van der Waals surface area contributed by atoms with E-state index in [1.807, 2.05) is 0 Å². The summed E-state index contributed by atoms with van der Waals surface area (Å²) in [5.74, 6) is -3.15. The lowest BCUT2D eigenvalue weighted by atomic mass is 9.79. The van der Waals surface area contributed by atoms with Crippen molar-refractivity contribution in [3.05, 3.63) is 46.8 Å². The minimum Gasteiger partial charge on any atom is -0.481 e. The molecule has 3 rings (SSSR count). The van der Waals surface area contributed by atoms with E-state index in [2.05, 4.69) is 10.6 Å². The van der Waals surface area contributed by atoms with E-state index in [-0.39, 0.29) is 11.7 Å². The van der Waals surface area contributed by atoms with Crippen LogP contribution in [0.15, 0.2) is 35.7 Å². The Kier molecular flexibility index (Phi) is 6.43. The zero-order valence-corrected chi connectivity index (χ0v) is 16.8. The Bertz CT molecular complexity index is 952. The number of hydrogen-bond donors (Lipinski definition) is 3. The summed E-state index contributed by atoms with van der Waals surface area (Å²) in [6.45, 7) is 1.45. The van der Waals surface area contributed by atoms with Crippen LogP contribution in [-0.4, -0.2) is 28.7 Å². The molecule has 8 heteroatoms. The van der Waals surface area contributed by atoms with Crippen molar-refractivity contribution in [2.75, 3.05) is 10.6 Å². The van der Waals surface area contributed by atoms with Crippen LogP contribution in [0.2, 0.25) is 0 Å². The number of aliphatic carboxylic acids is 1. The number of ketones is 1. The smallest absolute Gasteiger partial charge is 0.307 e. The molecule has 1 aliphatic rings. The number of rotatable bonds is 6. The first-order valence-corrected chi connectivity index (χ1v) is 10.3. The fourth-order valence-corrected chi connectivity index (χ4v) is 4.33. The van der Waals surface area contributed by atoms with Crippen LogP contribution in [0.25, 0.3) is 0 Å². The average molecular weight is 414 g/mol. The van der Waals surface area contributed by atoms with Crippen molar-refractivity contribution in [2.45, 2.75) is 32.6 Å². The van der Waals surface area contributed by atoms with E-state index in [9.17, 15) is 24.3 Å². The van der Waals surface area contributed by atoms with Crippen LogP contribution in [0.4, 0.5) is 10.7 Å². The van der Waals surface area contributed by atoms with Gasteiger partial charge in [0.2, 0.25) is 5.91 Å². The minimum absolute atomic E-state index is 0.106. The summed E-state index contributed by atoms with van der Waals surface area (Å²) in [5, 5.41) is 16.9. The monoisotopic (exact) mass is 414 g/mol. The molecule has 1 saturated carbocycles. The van der Waals surface area contributed by atoms with Crippen molar-refractivity contribution in [3.63, 3.8) is 0 Å². The lowest BCUT2D eigenvalue weighted by molar-refractivity contribution is -0.147. The molecule has 3 N–H and O–H groups in total. The topological polar surface area (TPSA) is 113 Å². The van der Waals surface area contributed by atoms with E-state index in [1.54, 1.807) is 35.7 Å². The maximum atomic E-state index is 12.7. The summed E-state index contributed by atoms with van der Waals surface area (Å²) in [6, 6.07) is 8.20. The van der Waals surface area contributed by atoms with Crippen LogP contribution in [0.1, 0.15) is 53.3 Å². The lowest BCUT2D eigenvalue weighted by Gasteiger charge is -2.27. The Labute approximate surface area is 172 Å². The van der Waals surface area contributed by atoms with Gasteiger partial charge in [-0.05, 0) is 43.3 Å². The molecule has 29 heavy (non-hydrogen) atoms. The molecule has 0 saturated heterocycles. The van der Waals surface area contributed by atoms with Gasteiger partial charge in [0.1, 0.15) is 5.00 Å². The van der Waals surface area contributed by atoms with Crippen LogP contribution in [-0.2, 0) is 9.59 Å². The van der Waals surface area contributed by atoms with Gasteiger partial charge >= 0.3 is 5.97 Å². The molecule has 7 nitrogen and oxygen atoms in total. The number of nitrogens with one attached hydrogen (secondary N) is 2. The quantitative estimate of drug-likeness (QED) is 0.618. The van der Waals surface area contributed by atoms with Crippen LogP contribution in [0.3, 0.4) is 0 Å². The van der Waals surface area contributed by atoms with Gasteiger partial charge in [-0.15, -0.1) is 11.3 Å². The fourth-order valence-electron chi connectivity index (χ4n) is 3.54. The number of carbonyl (C=O) groups is 4. The largest absolute Gasteiger partial charge is 0.481 e. The van der Waals surface area contributed by atoms with Crippen LogP contribution in [0, 0.1) is 11.8 Å². The second-order valence-corrected chi connectivity index (χ2v) is 8.00. The SMILES string of the molecule is CC(=O)c1cccc(NC(=O)c2ccsc2NC(=O)[C@@H]2CCCC[C@H]2C(=O)O)c1. The number of carboxylic acids is 1. The molecule has 1 aliphatic carbocycles. The predicted molar refractivity (Wildman–Crippen MR) is 110 cm³/mol. The first-order chi connectivity index (χ1) is 13.9. The number of benzene rings is 1. The number of anilines is 2. The number of amides is 2. The highest BCUT2D eigenvalue weighted by Crippen LogP contribution is 2.33. The minimum atomic E-state index is -0.959. The normalized spacial score (nSPS) is 18.7. The molecule has 1 fully saturated rings. The number of carbonyl (C=O) groups excluding carboxylic acids is 3. The van der Waals surface area contributed by atoms with Gasteiger partial charge in [0.15, 0.2) is 5.78 Å². The number of hydrogen-bond acceptors (Lipinski definition) is 5. The van der Waals surface area contributed by atoms with Crippen molar-refractivity contribution < 1.29 is 24.3 Å². The van der Waals surface area contributed by atoms with Gasteiger partial charge in [-0.25, -0.2) is 0 Å². The third-order valence-corrected chi connectivity index (χ3v) is 5.92. The zero-order valence-electron chi connectivity index (χ0n) is 15.9. The van der Waals surface area contributed by atoms with Gasteiger partial charge in [0.05, 0.1) is 17.4 Å². The molecule has 1 aromatic heterocycles. The number of carboxylic acid groups (broad SMARTS) is 1. The molecule has 1 heterocycles. The van der Waals surface area contributed by atoms with Gasteiger partial charge < -0.3 is 15.7 Å². The Morgan fingerprint density at radius 2 is 1.76 bits per heavy atom. The standard InChI is InChI=1S/C21H22N2O5S/c1-12(24)13-5-4-6-14(11-13)22-19(26)17-9-10-29-20(17)23-18(25)15-7-2-3-8-16(15)21(27)28/h4-6,9-11,15-16H,2-3,7-8H2,1H3,(H,22,26)(H,23,25)(H,27,28)/t15-,16-/m1/s1. The highest BCUT2D eigenvalue weighted by atomic mass is 32.1. The molecular weight excluding hydrogens is 392 g/mol. The van der Waals surface area contributed by atoms with Crippen molar-refractivity contribution in [1.29, 1.82) is 0 Å². The first kappa shape index (κ1) is 20.7. The first-order valence-electron chi connectivity index (χ1n) is 9.40. The second-order valence-electron chi connectivity index (χ2n) is 7.08. The van der Waals surface area contributed by atoms with Crippen LogP contribution in [0.5, 0.6) is 0 Å². The molecule has 0 bridgehead atoms. The third-order valence-electron chi connectivity index (χ3n) is 5.09. The van der Waals surface area contributed by atoms with Crippen molar-refractivity contribution in [3.8, 4) is 0 Å². The lowest BCUT2D eigenvalue weighted by Crippen LogP contribution is -2.36. The van der Waals surface area contributed by atoms with Crippen molar-refractivity contribution in [2.24, 2.45) is 11.8 Å². The summed E-state index contributed by atoms with van der Waals surface area (Å²) in [5.41, 5.74) is 1.25. The van der Waals surface area contributed by atoms with E-state index >= 15 is 0 Å². The van der Waals surface area contributed by atoms with Crippen LogP contribution >= 0.6 is 11.3 Å². The van der Waals surface area contributed by atoms with E-state index in [1.165, 1.54) is 18.3 Å². The molecule has 0 radical (unpaired) electrons. The highest BCUT2D eigenvalue weighted by Gasteiger charge is 2.36. The van der Waals surface area contributed by atoms with E-state index in [0.717, 1.165) is 12.8 Å². The molecule has 2 aromatic rings. The van der Waals surface area contributed by atoms with E-state index in [0.29, 0.717) is 34.7 Å². The van der Waals surface area contributed by atoms with Crippen LogP contribution < -0.4 is 10.6 Å². The predicted octanol–water partition coefficient (Wildman–Crippen LogP) is 4.03. The second kappa shape index (κ2) is 9.00. The summed E-state index contributed by atoms with van der Waals surface area (Å²) < 4.78 is 0. The summed E-state index contributed by atoms with van der Waals surface area (Å²) in [4.78, 5) is 48.3. The Hall–Kier alpha value is -3.00. The molecule has 1 aromatic carbocycles. The average Bonchev–Trinajstić information content (AvgIpc) is 3.16. The fraction of sp³-hybridized carbons (Fsp3) is 0.333. The van der Waals surface area contributed by atoms with Gasteiger partial charge in [0.25, 0.3) is 5.91 Å². The Morgan fingerprint density at radius 3 is 2.45 bits per heavy atom. The van der Waals surface area contributed by atoms with Gasteiger partial charge in [-0.3, -0.25) is 19.2 Å². The molecule has 2 atom stereocenters. The molecule has 0 spiro atoms. The van der Waals surface area contributed by atoms with E-state index in [4.69, 9.17) is 0 Å². The number of Topliss-reactive ketones (excluding diaryl/α,β-unsaturated/α-hetero) is 1. The van der Waals surface area contributed by atoms with Crippen molar-refractivity contribution >= 4 is 45.6 Å². The van der Waals surface area contributed by atoms with Gasteiger partial charge in [0, 0.05) is 11.3 Å². The molecule has 152 valence electrons. The Balaban J connectivity index is 1.72. The molecular formula is C21H22N2O5S. The number of thiophene rings is 1. The van der Waals surface area contributed by atoms with Gasteiger partial charge in [-0.2, -0.15) is 0 Å². The molecule has 0 unspecified atom stereocenters. The maximum Gasteiger partial charge on any atom is 0.307 e. The van der Waals surface area contributed by atoms with E-state index < -0.39 is 23.7 Å². The summed E-state index contributed by atoms with van der Waals surface area (Å²) in [7, 11) is 0. The Morgan fingerprint density at radius 1 is 1.03 bits per heavy atom. The van der Waals surface area contributed by atoms with Gasteiger partial charge in [-0.1, -0.05) is 25.0 Å². The summed E-state index contributed by atoms with van der Waals surface area (Å²) >= 11 is 1.20. The zero-order chi connectivity index (χ0) is 21.0. The molecule has 2 amide bonds. The maximum absolute atomic E-state index is 12.7. The highest BCUT2D eigenvalue weighted by molar-refractivity contribution is 7.14. The summed E-state index contributed by atoms with van der Waals surface area (Å²) in [6.07, 6.45) is 2.62. The van der Waals surface area contributed by atoms with Crippen molar-refractivity contribution in [1.82, 2.24) is 0 Å².